The molecule has 1 aliphatic rings. The van der Waals surface area contributed by atoms with E-state index in [1.807, 2.05) is 11.4 Å². The molecular formula is C12H16BrNO2S. The molecule has 1 fully saturated rings. The van der Waals surface area contributed by atoms with E-state index in [0.717, 1.165) is 22.2 Å². The van der Waals surface area contributed by atoms with Crippen molar-refractivity contribution in [3.8, 4) is 0 Å². The maximum Gasteiger partial charge on any atom is 0.262 e. The van der Waals surface area contributed by atoms with Gasteiger partial charge in [0.25, 0.3) is 5.91 Å². The van der Waals surface area contributed by atoms with Crippen LogP contribution in [0.2, 0.25) is 0 Å². The quantitative estimate of drug-likeness (QED) is 0.909. The maximum atomic E-state index is 12.0. The summed E-state index contributed by atoms with van der Waals surface area (Å²) in [5.41, 5.74) is -0.136. The Morgan fingerprint density at radius 2 is 2.41 bits per heavy atom. The van der Waals surface area contributed by atoms with Gasteiger partial charge in [-0.3, -0.25) is 4.79 Å². The summed E-state index contributed by atoms with van der Waals surface area (Å²) in [5.74, 6) is 0.00887. The van der Waals surface area contributed by atoms with Gasteiger partial charge in [0.2, 0.25) is 0 Å². The molecule has 0 aromatic carbocycles. The highest BCUT2D eigenvalue weighted by Gasteiger charge is 2.30. The smallest absolute Gasteiger partial charge is 0.262 e. The third-order valence-corrected chi connectivity index (χ3v) is 4.69. The molecule has 3 nitrogen and oxygen atoms in total. The number of hydrogen-bond donors (Lipinski definition) is 1. The number of ether oxygens (including phenoxy) is 1. The number of halogens is 1. The van der Waals surface area contributed by atoms with Crippen LogP contribution in [0.1, 0.15) is 36.4 Å². The van der Waals surface area contributed by atoms with Gasteiger partial charge in [-0.15, -0.1) is 11.3 Å². The summed E-state index contributed by atoms with van der Waals surface area (Å²) in [6.45, 7) is 4.84. The molecule has 0 saturated carbocycles. The Bertz CT molecular complexity index is 416. The molecule has 0 radical (unpaired) electrons. The van der Waals surface area contributed by atoms with Gasteiger partial charge in [0, 0.05) is 17.1 Å². The SMILES string of the molecule is CC1(C)CC(NC(=O)c2sccc2Br)CCO1. The first-order valence-electron chi connectivity index (χ1n) is 5.66. The number of rotatable bonds is 2. The number of carbonyl (C=O) groups excluding carboxylic acids is 1. The topological polar surface area (TPSA) is 38.3 Å². The third kappa shape index (κ3) is 3.30. The van der Waals surface area contributed by atoms with Crippen molar-refractivity contribution in [2.24, 2.45) is 0 Å². The highest BCUT2D eigenvalue weighted by atomic mass is 79.9. The molecule has 1 atom stereocenters. The summed E-state index contributed by atoms with van der Waals surface area (Å²) in [6.07, 6.45) is 1.75. The van der Waals surface area contributed by atoms with E-state index in [9.17, 15) is 4.79 Å². The number of hydrogen-bond acceptors (Lipinski definition) is 3. The predicted molar refractivity (Wildman–Crippen MR) is 72.5 cm³/mol. The van der Waals surface area contributed by atoms with Gasteiger partial charge in [-0.25, -0.2) is 0 Å². The Kier molecular flexibility index (Phi) is 3.90. The van der Waals surface area contributed by atoms with E-state index < -0.39 is 0 Å². The van der Waals surface area contributed by atoms with Gasteiger partial charge in [-0.05, 0) is 54.1 Å². The van der Waals surface area contributed by atoms with Crippen LogP contribution in [0.25, 0.3) is 0 Å². The van der Waals surface area contributed by atoms with Crippen LogP contribution in [0.15, 0.2) is 15.9 Å². The zero-order valence-electron chi connectivity index (χ0n) is 9.96. The molecule has 1 unspecified atom stereocenters. The normalized spacial score (nSPS) is 23.4. The fraction of sp³-hybridized carbons (Fsp3) is 0.583. The minimum absolute atomic E-state index is 0.00887. The van der Waals surface area contributed by atoms with Crippen molar-refractivity contribution in [2.45, 2.75) is 38.3 Å². The van der Waals surface area contributed by atoms with Gasteiger partial charge in [0.1, 0.15) is 4.88 Å². The molecule has 2 rings (SSSR count). The summed E-state index contributed by atoms with van der Waals surface area (Å²) in [5, 5.41) is 4.99. The molecule has 1 N–H and O–H groups in total. The zero-order chi connectivity index (χ0) is 12.5. The van der Waals surface area contributed by atoms with E-state index in [1.54, 1.807) is 0 Å². The summed E-state index contributed by atoms with van der Waals surface area (Å²) < 4.78 is 6.50. The van der Waals surface area contributed by atoms with Crippen LogP contribution in [0.4, 0.5) is 0 Å². The summed E-state index contributed by atoms with van der Waals surface area (Å²) in [4.78, 5) is 12.8. The van der Waals surface area contributed by atoms with E-state index >= 15 is 0 Å². The average Bonchev–Trinajstić information content (AvgIpc) is 2.62. The van der Waals surface area contributed by atoms with Crippen LogP contribution in [0.5, 0.6) is 0 Å². The minimum atomic E-state index is -0.136. The van der Waals surface area contributed by atoms with Crippen molar-refractivity contribution in [1.29, 1.82) is 0 Å². The van der Waals surface area contributed by atoms with Crippen LogP contribution in [-0.4, -0.2) is 24.2 Å². The molecule has 5 heteroatoms. The highest BCUT2D eigenvalue weighted by Crippen LogP contribution is 2.26. The van der Waals surface area contributed by atoms with Gasteiger partial charge >= 0.3 is 0 Å². The predicted octanol–water partition coefficient (Wildman–Crippen LogP) is 3.20. The van der Waals surface area contributed by atoms with Crippen molar-refractivity contribution in [1.82, 2.24) is 5.32 Å². The molecule has 1 aromatic heterocycles. The van der Waals surface area contributed by atoms with Crippen molar-refractivity contribution in [3.05, 3.63) is 20.8 Å². The van der Waals surface area contributed by atoms with Crippen LogP contribution in [0.3, 0.4) is 0 Å². The standard InChI is InChI=1S/C12H16BrNO2S/c1-12(2)7-8(3-5-16-12)14-11(15)10-9(13)4-6-17-10/h4,6,8H,3,5,7H2,1-2H3,(H,14,15). The van der Waals surface area contributed by atoms with E-state index in [-0.39, 0.29) is 17.6 Å². The van der Waals surface area contributed by atoms with Crippen molar-refractivity contribution in [2.75, 3.05) is 6.61 Å². The Morgan fingerprint density at radius 1 is 1.65 bits per heavy atom. The molecular weight excluding hydrogens is 302 g/mol. The van der Waals surface area contributed by atoms with Gasteiger partial charge in [0.05, 0.1) is 5.60 Å². The number of nitrogens with one attached hydrogen (secondary N) is 1. The number of thiophene rings is 1. The second-order valence-corrected chi connectivity index (χ2v) is 6.64. The van der Waals surface area contributed by atoms with E-state index in [1.165, 1.54) is 11.3 Å². The second kappa shape index (κ2) is 5.08. The fourth-order valence-corrected chi connectivity index (χ4v) is 3.52. The Labute approximate surface area is 114 Å². The molecule has 1 aromatic rings. The highest BCUT2D eigenvalue weighted by molar-refractivity contribution is 9.10. The van der Waals surface area contributed by atoms with Crippen molar-refractivity contribution >= 4 is 33.2 Å². The lowest BCUT2D eigenvalue weighted by atomic mass is 9.94. The Balaban J connectivity index is 1.98. The van der Waals surface area contributed by atoms with Gasteiger partial charge in [-0.2, -0.15) is 0 Å². The first kappa shape index (κ1) is 13.1. The Hall–Kier alpha value is -0.390. The van der Waals surface area contributed by atoms with Crippen LogP contribution < -0.4 is 5.32 Å². The number of carbonyl (C=O) groups is 1. The molecule has 0 bridgehead atoms. The van der Waals surface area contributed by atoms with Crippen LogP contribution >= 0.6 is 27.3 Å². The monoisotopic (exact) mass is 317 g/mol. The van der Waals surface area contributed by atoms with E-state index in [2.05, 4.69) is 35.1 Å². The van der Waals surface area contributed by atoms with E-state index in [0.29, 0.717) is 6.61 Å². The maximum absolute atomic E-state index is 12.0. The molecule has 2 heterocycles. The van der Waals surface area contributed by atoms with Gasteiger partial charge < -0.3 is 10.1 Å². The summed E-state index contributed by atoms with van der Waals surface area (Å²) >= 11 is 4.83. The molecule has 1 saturated heterocycles. The summed E-state index contributed by atoms with van der Waals surface area (Å²) in [7, 11) is 0. The van der Waals surface area contributed by atoms with Gasteiger partial charge in [-0.1, -0.05) is 0 Å². The van der Waals surface area contributed by atoms with Crippen LogP contribution in [0, 0.1) is 0 Å². The largest absolute Gasteiger partial charge is 0.375 e. The molecule has 94 valence electrons. The molecule has 1 aliphatic heterocycles. The molecule has 0 spiro atoms. The lowest BCUT2D eigenvalue weighted by molar-refractivity contribution is -0.0615. The first-order valence-corrected chi connectivity index (χ1v) is 7.33. The zero-order valence-corrected chi connectivity index (χ0v) is 12.4. The average molecular weight is 318 g/mol. The third-order valence-electron chi connectivity index (χ3n) is 2.86. The van der Waals surface area contributed by atoms with Crippen molar-refractivity contribution in [3.63, 3.8) is 0 Å². The lowest BCUT2D eigenvalue weighted by Crippen LogP contribution is -2.45. The summed E-state index contributed by atoms with van der Waals surface area (Å²) in [6, 6.07) is 2.10. The fourth-order valence-electron chi connectivity index (χ4n) is 2.06. The molecule has 1 amide bonds. The lowest BCUT2D eigenvalue weighted by Gasteiger charge is -2.35. The molecule has 17 heavy (non-hydrogen) atoms. The minimum Gasteiger partial charge on any atom is -0.375 e. The second-order valence-electron chi connectivity index (χ2n) is 4.87. The first-order chi connectivity index (χ1) is 7.98. The molecule has 0 aliphatic carbocycles. The number of amides is 1. The van der Waals surface area contributed by atoms with Gasteiger partial charge in [0.15, 0.2) is 0 Å². The van der Waals surface area contributed by atoms with Crippen LogP contribution in [-0.2, 0) is 4.74 Å². The Morgan fingerprint density at radius 3 is 3.00 bits per heavy atom. The van der Waals surface area contributed by atoms with Crippen molar-refractivity contribution < 1.29 is 9.53 Å². The van der Waals surface area contributed by atoms with E-state index in [4.69, 9.17) is 4.74 Å².